The van der Waals surface area contributed by atoms with E-state index in [0.29, 0.717) is 0 Å². The fraction of sp³-hybridized carbons (Fsp3) is 0.296. The Bertz CT molecular complexity index is 2820. The van der Waals surface area contributed by atoms with E-state index in [-0.39, 0.29) is 21.7 Å². The van der Waals surface area contributed by atoms with E-state index < -0.39 is 0 Å². The van der Waals surface area contributed by atoms with Gasteiger partial charge in [0.15, 0.2) is 0 Å². The van der Waals surface area contributed by atoms with Gasteiger partial charge in [0.25, 0.3) is 0 Å². The minimum absolute atomic E-state index is 0.0324. The first-order valence-corrected chi connectivity index (χ1v) is 19.9. The molecule has 0 bridgehead atoms. The molecule has 8 aromatic carbocycles. The SMILES string of the molecule is Cc1cc(-c2ccc3cc(-c4cc(C(C)(C)C)cc5c4-c4ccc(C(C)(C)C)cc4C5(C)C)ccc3c2)c2ccc3cc(C(C)(C)C)cc4ccc1c2c43. The van der Waals surface area contributed by atoms with Crippen molar-refractivity contribution < 1.29 is 0 Å². The molecule has 0 heterocycles. The van der Waals surface area contributed by atoms with Crippen molar-refractivity contribution in [3.63, 3.8) is 0 Å². The van der Waals surface area contributed by atoms with Gasteiger partial charge in [0, 0.05) is 5.41 Å². The van der Waals surface area contributed by atoms with Crippen LogP contribution in [0.25, 0.3) is 76.5 Å². The van der Waals surface area contributed by atoms with Crippen LogP contribution in [-0.2, 0) is 21.7 Å². The van der Waals surface area contributed by atoms with Crippen molar-refractivity contribution in [3.8, 4) is 33.4 Å². The molecule has 1 aliphatic rings. The van der Waals surface area contributed by atoms with E-state index in [1.807, 2.05) is 0 Å². The number of hydrogen-bond acceptors (Lipinski definition) is 0. The molecule has 0 N–H and O–H groups in total. The zero-order valence-corrected chi connectivity index (χ0v) is 34.4. The summed E-state index contributed by atoms with van der Waals surface area (Å²) in [5.74, 6) is 0. The Labute approximate surface area is 322 Å². The molecule has 0 aromatic heterocycles. The summed E-state index contributed by atoms with van der Waals surface area (Å²) in [6.45, 7) is 28.0. The molecule has 0 heteroatoms. The smallest absolute Gasteiger partial charge is 0.0159 e. The van der Waals surface area contributed by atoms with Crippen LogP contribution in [0.2, 0.25) is 0 Å². The zero-order valence-electron chi connectivity index (χ0n) is 34.4. The van der Waals surface area contributed by atoms with Gasteiger partial charge in [-0.25, -0.2) is 0 Å². The van der Waals surface area contributed by atoms with E-state index in [1.54, 1.807) is 0 Å². The number of rotatable bonds is 2. The normalized spacial score (nSPS) is 14.4. The summed E-state index contributed by atoms with van der Waals surface area (Å²) >= 11 is 0. The molecule has 0 fully saturated rings. The molecule has 0 unspecified atom stereocenters. The van der Waals surface area contributed by atoms with Gasteiger partial charge in [-0.05, 0) is 151 Å². The maximum Gasteiger partial charge on any atom is 0.0159 e. The first-order valence-electron chi connectivity index (χ1n) is 19.9. The van der Waals surface area contributed by atoms with E-state index in [4.69, 9.17) is 0 Å². The lowest BCUT2D eigenvalue weighted by Crippen LogP contribution is -2.19. The molecule has 0 saturated carbocycles. The minimum Gasteiger partial charge on any atom is -0.0579 e. The van der Waals surface area contributed by atoms with Crippen LogP contribution in [0.5, 0.6) is 0 Å². The van der Waals surface area contributed by atoms with Crippen LogP contribution < -0.4 is 0 Å². The minimum atomic E-state index is -0.0820. The van der Waals surface area contributed by atoms with Gasteiger partial charge in [0.2, 0.25) is 0 Å². The van der Waals surface area contributed by atoms with Crippen molar-refractivity contribution >= 4 is 43.1 Å². The quantitative estimate of drug-likeness (QED) is 0.157. The Morgan fingerprint density at radius 2 is 0.907 bits per heavy atom. The maximum absolute atomic E-state index is 2.50. The van der Waals surface area contributed by atoms with Crippen LogP contribution in [0.15, 0.2) is 109 Å². The van der Waals surface area contributed by atoms with Crippen molar-refractivity contribution in [1.29, 1.82) is 0 Å². The van der Waals surface area contributed by atoms with Crippen LogP contribution in [0.1, 0.15) is 110 Å². The van der Waals surface area contributed by atoms with Crippen molar-refractivity contribution in [2.75, 3.05) is 0 Å². The van der Waals surface area contributed by atoms with Gasteiger partial charge < -0.3 is 0 Å². The molecule has 54 heavy (non-hydrogen) atoms. The summed E-state index contributed by atoms with van der Waals surface area (Å²) in [4.78, 5) is 0. The molecule has 9 rings (SSSR count). The van der Waals surface area contributed by atoms with Crippen LogP contribution >= 0.6 is 0 Å². The standard InChI is InChI=1S/C54H54/c1-31-23-44(42-21-18-37-27-39(52(5,6)7)26-36-17-20-41(31)50(42)48(36)37)34-15-13-33-25-35(16-14-32(33)24-34)45-28-40(53(8,9)10)30-47-49(45)43-22-19-38(51(2,3)4)29-46(43)54(47,11)12/h13-30H,1-12H3. The Hall–Kier alpha value is -4.94. The Morgan fingerprint density at radius 1 is 0.389 bits per heavy atom. The van der Waals surface area contributed by atoms with E-state index in [2.05, 4.69) is 192 Å². The number of hydrogen-bond donors (Lipinski definition) is 0. The van der Waals surface area contributed by atoms with Gasteiger partial charge in [0.05, 0.1) is 0 Å². The molecular formula is C54H54. The van der Waals surface area contributed by atoms with Gasteiger partial charge in [-0.1, -0.05) is 167 Å². The van der Waals surface area contributed by atoms with Gasteiger partial charge in [-0.2, -0.15) is 0 Å². The van der Waals surface area contributed by atoms with Gasteiger partial charge >= 0.3 is 0 Å². The van der Waals surface area contributed by atoms with E-state index in [0.717, 1.165) is 0 Å². The third-order valence-electron chi connectivity index (χ3n) is 12.8. The number of benzene rings is 8. The van der Waals surface area contributed by atoms with Gasteiger partial charge in [-0.3, -0.25) is 0 Å². The fourth-order valence-corrected chi connectivity index (χ4v) is 9.32. The second-order valence-corrected chi connectivity index (χ2v) is 20.0. The number of fused-ring (bicyclic) bond motifs is 4. The summed E-state index contributed by atoms with van der Waals surface area (Å²) < 4.78 is 0. The van der Waals surface area contributed by atoms with Crippen molar-refractivity contribution in [2.24, 2.45) is 0 Å². The predicted molar refractivity (Wildman–Crippen MR) is 237 cm³/mol. The van der Waals surface area contributed by atoms with Crippen molar-refractivity contribution in [3.05, 3.63) is 143 Å². The Morgan fingerprint density at radius 3 is 1.50 bits per heavy atom. The monoisotopic (exact) mass is 702 g/mol. The van der Waals surface area contributed by atoms with E-state index in [1.165, 1.54) is 110 Å². The third kappa shape index (κ3) is 5.24. The molecule has 0 saturated heterocycles. The highest BCUT2D eigenvalue weighted by Gasteiger charge is 2.39. The molecule has 0 nitrogen and oxygen atoms in total. The van der Waals surface area contributed by atoms with Crippen LogP contribution in [-0.4, -0.2) is 0 Å². The topological polar surface area (TPSA) is 0 Å². The van der Waals surface area contributed by atoms with E-state index in [9.17, 15) is 0 Å². The van der Waals surface area contributed by atoms with Crippen LogP contribution in [0, 0.1) is 6.92 Å². The van der Waals surface area contributed by atoms with Crippen molar-refractivity contribution in [1.82, 2.24) is 0 Å². The highest BCUT2D eigenvalue weighted by molar-refractivity contribution is 6.26. The van der Waals surface area contributed by atoms with Crippen LogP contribution in [0.4, 0.5) is 0 Å². The summed E-state index contributed by atoms with van der Waals surface area (Å²) in [5, 5.41) is 10.7. The second kappa shape index (κ2) is 11.3. The predicted octanol–water partition coefficient (Wildman–Crippen LogP) is 15.6. The fourth-order valence-electron chi connectivity index (χ4n) is 9.32. The first kappa shape index (κ1) is 34.8. The molecule has 1 aliphatic carbocycles. The molecule has 0 atom stereocenters. The lowest BCUT2D eigenvalue weighted by molar-refractivity contribution is 0.580. The second-order valence-electron chi connectivity index (χ2n) is 20.0. The maximum atomic E-state index is 2.50. The highest BCUT2D eigenvalue weighted by Crippen LogP contribution is 2.54. The average Bonchev–Trinajstić information content (AvgIpc) is 3.34. The largest absolute Gasteiger partial charge is 0.0579 e. The summed E-state index contributed by atoms with van der Waals surface area (Å²) in [7, 11) is 0. The highest BCUT2D eigenvalue weighted by atomic mass is 14.4. The summed E-state index contributed by atoms with van der Waals surface area (Å²) in [5.41, 5.74) is 16.5. The molecule has 270 valence electrons. The third-order valence-corrected chi connectivity index (χ3v) is 12.8. The van der Waals surface area contributed by atoms with Gasteiger partial charge in [0.1, 0.15) is 0 Å². The molecular weight excluding hydrogens is 649 g/mol. The van der Waals surface area contributed by atoms with Crippen LogP contribution in [0.3, 0.4) is 0 Å². The summed E-state index contributed by atoms with van der Waals surface area (Å²) in [6, 6.07) is 43.1. The average molecular weight is 703 g/mol. The van der Waals surface area contributed by atoms with E-state index >= 15 is 0 Å². The Kier molecular flexibility index (Phi) is 7.28. The molecule has 0 amide bonds. The zero-order chi connectivity index (χ0) is 38.3. The number of aryl methyl sites for hydroxylation is 1. The molecule has 0 aliphatic heterocycles. The molecule has 0 radical (unpaired) electrons. The Balaban J connectivity index is 1.20. The lowest BCUT2D eigenvalue weighted by atomic mass is 9.76. The van der Waals surface area contributed by atoms with Crippen molar-refractivity contribution in [2.45, 2.75) is 105 Å². The summed E-state index contributed by atoms with van der Waals surface area (Å²) in [6.07, 6.45) is 0. The molecule has 0 spiro atoms. The first-order chi connectivity index (χ1) is 25.3. The van der Waals surface area contributed by atoms with Gasteiger partial charge in [-0.15, -0.1) is 0 Å². The lowest BCUT2D eigenvalue weighted by Gasteiger charge is -2.27. The molecule has 8 aromatic rings.